The monoisotopic (exact) mass is 464 g/mol. The summed E-state index contributed by atoms with van der Waals surface area (Å²) in [4.78, 5) is -0.392. The first-order valence-electron chi connectivity index (χ1n) is 10.1. The van der Waals surface area contributed by atoms with Gasteiger partial charge in [-0.15, -0.1) is 0 Å². The van der Waals surface area contributed by atoms with Crippen LogP contribution in [0.15, 0.2) is 28.0 Å². The average molecular weight is 465 g/mol. The summed E-state index contributed by atoms with van der Waals surface area (Å²) < 4.78 is 67.3. The number of anilines is 1. The van der Waals surface area contributed by atoms with Gasteiger partial charge in [0.05, 0.1) is 10.6 Å². The minimum Gasteiger partial charge on any atom is -0.396 e. The fourth-order valence-electron chi connectivity index (χ4n) is 3.33. The first kappa shape index (κ1) is 25.0. The molecule has 1 aromatic rings. The maximum Gasteiger partial charge on any atom is 0.242 e. The molecule has 172 valence electrons. The molecule has 3 N–H and O–H groups in total. The van der Waals surface area contributed by atoms with Crippen LogP contribution in [0.5, 0.6) is 0 Å². The summed E-state index contributed by atoms with van der Waals surface area (Å²) in [5.74, 6) is -0.0270. The van der Waals surface area contributed by atoms with Crippen molar-refractivity contribution >= 4 is 25.5 Å². The van der Waals surface area contributed by atoms with Crippen LogP contribution in [0, 0.1) is 11.3 Å². The third-order valence-electron chi connectivity index (χ3n) is 5.58. The summed E-state index contributed by atoms with van der Waals surface area (Å²) in [6.45, 7) is 5.27. The highest BCUT2D eigenvalue weighted by Gasteiger charge is 2.32. The summed E-state index contributed by atoms with van der Waals surface area (Å²) >= 11 is 0. The Morgan fingerprint density at radius 3 is 2.30 bits per heavy atom. The Hall–Kier alpha value is -1.23. The van der Waals surface area contributed by atoms with Gasteiger partial charge in [-0.25, -0.2) is 25.9 Å². The molecule has 30 heavy (non-hydrogen) atoms. The molecule has 0 aliphatic heterocycles. The van der Waals surface area contributed by atoms with E-state index >= 15 is 0 Å². The molecule has 0 heterocycles. The van der Waals surface area contributed by atoms with Crippen LogP contribution in [0.2, 0.25) is 0 Å². The number of alkyl halides is 1. The van der Waals surface area contributed by atoms with Crippen molar-refractivity contribution in [3.8, 4) is 0 Å². The Balaban J connectivity index is 2.39. The molecule has 0 spiro atoms. The van der Waals surface area contributed by atoms with E-state index in [-0.39, 0.29) is 41.0 Å². The number of benzene rings is 1. The molecule has 0 saturated heterocycles. The Morgan fingerprint density at radius 1 is 1.20 bits per heavy atom. The van der Waals surface area contributed by atoms with Crippen LogP contribution in [0.25, 0.3) is 0 Å². The number of nitrogens with one attached hydrogen (secondary N) is 2. The molecule has 0 amide bonds. The SMILES string of the molecule is CC(C)(C)C(CCO)NS(=O)(=O)c1cc(S(C)(=O)=O)ccc1NCC(F)C1CCC1. The van der Waals surface area contributed by atoms with Crippen LogP contribution < -0.4 is 10.0 Å². The van der Waals surface area contributed by atoms with Gasteiger partial charge in [-0.1, -0.05) is 27.2 Å². The summed E-state index contributed by atoms with van der Waals surface area (Å²) in [6, 6.07) is 3.18. The van der Waals surface area contributed by atoms with Crippen molar-refractivity contribution in [1.82, 2.24) is 4.72 Å². The van der Waals surface area contributed by atoms with Crippen molar-refractivity contribution in [3.05, 3.63) is 18.2 Å². The number of hydrogen-bond acceptors (Lipinski definition) is 6. The van der Waals surface area contributed by atoms with Gasteiger partial charge in [0.1, 0.15) is 11.1 Å². The van der Waals surface area contributed by atoms with Gasteiger partial charge in [-0.05, 0) is 48.8 Å². The van der Waals surface area contributed by atoms with E-state index < -0.39 is 37.5 Å². The molecule has 1 saturated carbocycles. The topological polar surface area (TPSA) is 113 Å². The van der Waals surface area contributed by atoms with Crippen LogP contribution in [-0.4, -0.2) is 53.6 Å². The fourth-order valence-corrected chi connectivity index (χ4v) is 5.73. The third-order valence-corrected chi connectivity index (χ3v) is 8.20. The molecule has 2 rings (SSSR count). The van der Waals surface area contributed by atoms with E-state index in [1.165, 1.54) is 12.1 Å². The molecule has 0 radical (unpaired) electrons. The Bertz CT molecular complexity index is 938. The van der Waals surface area contributed by atoms with Crippen molar-refractivity contribution in [2.45, 2.75) is 68.5 Å². The summed E-state index contributed by atoms with van der Waals surface area (Å²) in [7, 11) is -7.79. The number of sulfone groups is 1. The maximum atomic E-state index is 14.3. The normalized spacial score (nSPS) is 17.9. The maximum absolute atomic E-state index is 14.3. The van der Waals surface area contributed by atoms with Gasteiger partial charge in [0.2, 0.25) is 10.0 Å². The second-order valence-corrected chi connectivity index (χ2v) is 12.8. The Morgan fingerprint density at radius 2 is 1.83 bits per heavy atom. The lowest BCUT2D eigenvalue weighted by molar-refractivity contribution is 0.158. The van der Waals surface area contributed by atoms with Crippen molar-refractivity contribution < 1.29 is 26.3 Å². The van der Waals surface area contributed by atoms with Gasteiger partial charge in [0.15, 0.2) is 9.84 Å². The van der Waals surface area contributed by atoms with Crippen LogP contribution in [0.4, 0.5) is 10.1 Å². The van der Waals surface area contributed by atoms with Gasteiger partial charge >= 0.3 is 0 Å². The second-order valence-electron chi connectivity index (χ2n) is 9.07. The predicted molar refractivity (Wildman–Crippen MR) is 116 cm³/mol. The van der Waals surface area contributed by atoms with Gasteiger partial charge < -0.3 is 10.4 Å². The zero-order valence-corrected chi connectivity index (χ0v) is 19.6. The van der Waals surface area contributed by atoms with E-state index in [2.05, 4.69) is 10.0 Å². The largest absolute Gasteiger partial charge is 0.396 e. The van der Waals surface area contributed by atoms with Crippen LogP contribution in [0.3, 0.4) is 0 Å². The standard InChI is InChI=1S/C20H33FN2O5S2/c1-20(2,3)19(10-11-24)23-30(27,28)18-12-15(29(4,25)26)8-9-17(18)22-13-16(21)14-6-5-7-14/h8-9,12,14,16,19,22-24H,5-7,10-11,13H2,1-4H3. The molecule has 1 fully saturated rings. The van der Waals surface area contributed by atoms with E-state index in [4.69, 9.17) is 0 Å². The second kappa shape index (κ2) is 9.50. The van der Waals surface area contributed by atoms with Gasteiger partial charge in [0.25, 0.3) is 0 Å². The molecule has 2 atom stereocenters. The van der Waals surface area contributed by atoms with Crippen molar-refractivity contribution in [2.24, 2.45) is 11.3 Å². The summed E-state index contributed by atoms with van der Waals surface area (Å²) in [6.07, 6.45) is 2.72. The summed E-state index contributed by atoms with van der Waals surface area (Å²) in [5.41, 5.74) is -0.333. The van der Waals surface area contributed by atoms with Crippen molar-refractivity contribution in [1.29, 1.82) is 0 Å². The highest BCUT2D eigenvalue weighted by Crippen LogP contribution is 2.32. The third kappa shape index (κ3) is 6.38. The molecular weight excluding hydrogens is 431 g/mol. The zero-order valence-electron chi connectivity index (χ0n) is 18.0. The number of rotatable bonds is 10. The lowest BCUT2D eigenvalue weighted by atomic mass is 9.82. The van der Waals surface area contributed by atoms with Crippen LogP contribution >= 0.6 is 0 Å². The quantitative estimate of drug-likeness (QED) is 0.491. The van der Waals surface area contributed by atoms with E-state index in [0.29, 0.717) is 0 Å². The molecule has 10 heteroatoms. The molecule has 1 aliphatic rings. The number of halogens is 1. The van der Waals surface area contributed by atoms with E-state index in [0.717, 1.165) is 31.6 Å². The minimum atomic E-state index is -4.15. The lowest BCUT2D eigenvalue weighted by Gasteiger charge is -2.31. The first-order chi connectivity index (χ1) is 13.8. The summed E-state index contributed by atoms with van der Waals surface area (Å²) in [5, 5.41) is 12.2. The van der Waals surface area contributed by atoms with E-state index in [1.54, 1.807) is 0 Å². The van der Waals surface area contributed by atoms with Gasteiger partial charge in [-0.2, -0.15) is 0 Å². The number of aliphatic hydroxyl groups is 1. The molecule has 0 bridgehead atoms. The predicted octanol–water partition coefficient (Wildman–Crippen LogP) is 2.72. The van der Waals surface area contributed by atoms with Crippen molar-refractivity contribution in [2.75, 3.05) is 24.7 Å². The van der Waals surface area contributed by atoms with Gasteiger partial charge in [-0.3, -0.25) is 0 Å². The van der Waals surface area contributed by atoms with E-state index in [9.17, 15) is 26.3 Å². The van der Waals surface area contributed by atoms with Crippen LogP contribution in [0.1, 0.15) is 46.5 Å². The molecule has 7 nitrogen and oxygen atoms in total. The number of hydrogen-bond donors (Lipinski definition) is 3. The minimum absolute atomic E-state index is 0.0270. The van der Waals surface area contributed by atoms with Crippen LogP contribution in [-0.2, 0) is 19.9 Å². The molecular formula is C20H33FN2O5S2. The number of sulfonamides is 1. The highest BCUT2D eigenvalue weighted by molar-refractivity contribution is 7.91. The average Bonchev–Trinajstić information content (AvgIpc) is 2.56. The smallest absolute Gasteiger partial charge is 0.242 e. The Labute approximate surface area is 179 Å². The fraction of sp³-hybridized carbons (Fsp3) is 0.700. The molecule has 0 aromatic heterocycles. The Kier molecular flexibility index (Phi) is 7.93. The highest BCUT2D eigenvalue weighted by atomic mass is 32.2. The van der Waals surface area contributed by atoms with E-state index in [1.807, 2.05) is 20.8 Å². The number of aliphatic hydroxyl groups excluding tert-OH is 1. The molecule has 1 aromatic carbocycles. The first-order valence-corrected chi connectivity index (χ1v) is 13.5. The van der Waals surface area contributed by atoms with Crippen molar-refractivity contribution in [3.63, 3.8) is 0 Å². The lowest BCUT2D eigenvalue weighted by Crippen LogP contribution is -2.44. The zero-order chi connectivity index (χ0) is 22.7. The van der Waals surface area contributed by atoms with Gasteiger partial charge in [0, 0.05) is 25.4 Å². The molecule has 2 unspecified atom stereocenters. The molecule has 1 aliphatic carbocycles.